The van der Waals surface area contributed by atoms with E-state index in [0.717, 1.165) is 4.57 Å². The maximum absolute atomic E-state index is 13.8. The van der Waals surface area contributed by atoms with Crippen molar-refractivity contribution in [3.05, 3.63) is 56.9 Å². The van der Waals surface area contributed by atoms with Crippen LogP contribution in [-0.4, -0.2) is 27.0 Å². The Morgan fingerprint density at radius 3 is 2.54 bits per heavy atom. The third-order valence-electron chi connectivity index (χ3n) is 5.61. The number of aromatic nitrogens is 3. The lowest BCUT2D eigenvalue weighted by Crippen LogP contribution is -2.37. The zero-order chi connectivity index (χ0) is 25.9. The zero-order valence-electron chi connectivity index (χ0n) is 19.2. The molecule has 2 unspecified atom stereocenters. The van der Waals surface area contributed by atoms with Crippen LogP contribution in [0.5, 0.6) is 0 Å². The molecule has 0 saturated carbocycles. The lowest BCUT2D eigenvalue weighted by molar-refractivity contribution is -0.169. The van der Waals surface area contributed by atoms with Crippen molar-refractivity contribution in [3.63, 3.8) is 0 Å². The molecule has 0 aliphatic carbocycles. The normalized spacial score (nSPS) is 13.6. The van der Waals surface area contributed by atoms with Gasteiger partial charge in [0.15, 0.2) is 6.29 Å². The Balaban J connectivity index is 2.23. The van der Waals surface area contributed by atoms with Crippen molar-refractivity contribution >= 4 is 40.2 Å². The number of alkyl halides is 3. The maximum atomic E-state index is 13.8. The molecule has 188 valence electrons. The number of nitrogens with zero attached hydrogens (tertiary/aromatic N) is 3. The SMILES string of the molecule is CCCCc1nc2c(C(N)Nc3ccc(Cl)nc3C=O)cc(N)cc2c(=O)n1C(CC)C(F)(F)F. The Bertz CT molecular complexity index is 1290. The number of nitrogens with one attached hydrogen (secondary N) is 1. The first kappa shape index (κ1) is 26.4. The number of pyridine rings is 1. The fourth-order valence-electron chi connectivity index (χ4n) is 3.94. The highest BCUT2D eigenvalue weighted by molar-refractivity contribution is 6.29. The van der Waals surface area contributed by atoms with Crippen LogP contribution in [0, 0.1) is 0 Å². The second-order valence-electron chi connectivity index (χ2n) is 8.09. The van der Waals surface area contributed by atoms with Crippen molar-refractivity contribution in [2.24, 2.45) is 5.73 Å². The summed E-state index contributed by atoms with van der Waals surface area (Å²) in [5, 5.41) is 2.95. The lowest BCUT2D eigenvalue weighted by atomic mass is 10.0. The van der Waals surface area contributed by atoms with Crippen LogP contribution >= 0.6 is 11.6 Å². The van der Waals surface area contributed by atoms with Gasteiger partial charge in [0, 0.05) is 17.7 Å². The van der Waals surface area contributed by atoms with E-state index in [9.17, 15) is 22.8 Å². The molecule has 12 heteroatoms. The van der Waals surface area contributed by atoms with Crippen LogP contribution < -0.4 is 22.3 Å². The number of carbonyl (C=O) groups excluding carboxylic acids is 1. The van der Waals surface area contributed by atoms with E-state index in [1.54, 1.807) is 0 Å². The van der Waals surface area contributed by atoms with Crippen LogP contribution in [-0.2, 0) is 6.42 Å². The standard InChI is InChI=1S/C23H26ClF3N6O2/c1-3-5-6-19-32-20-13(21(29)31-15-7-8-18(24)30-16(15)11-34)9-12(28)10-14(20)22(35)33(19)17(4-2)23(25,26)27/h7-11,17,21,31H,3-6,28-29H2,1-2H3. The van der Waals surface area contributed by atoms with Gasteiger partial charge in [-0.3, -0.25) is 14.2 Å². The number of rotatable bonds is 9. The van der Waals surface area contributed by atoms with E-state index in [2.05, 4.69) is 15.3 Å². The Hall–Kier alpha value is -3.18. The average molecular weight is 511 g/mol. The first-order valence-corrected chi connectivity index (χ1v) is 11.4. The molecular weight excluding hydrogens is 485 g/mol. The first-order chi connectivity index (χ1) is 16.5. The second kappa shape index (κ2) is 10.6. The van der Waals surface area contributed by atoms with Crippen LogP contribution in [0.25, 0.3) is 10.9 Å². The topological polar surface area (TPSA) is 129 Å². The van der Waals surface area contributed by atoms with Gasteiger partial charge >= 0.3 is 6.18 Å². The molecule has 0 spiro atoms. The number of aldehydes is 1. The van der Waals surface area contributed by atoms with Gasteiger partial charge in [-0.1, -0.05) is 31.9 Å². The smallest absolute Gasteiger partial charge is 0.399 e. The fourth-order valence-corrected chi connectivity index (χ4v) is 4.09. The first-order valence-electron chi connectivity index (χ1n) is 11.1. The van der Waals surface area contributed by atoms with Gasteiger partial charge in [-0.05, 0) is 37.1 Å². The van der Waals surface area contributed by atoms with E-state index in [1.807, 2.05) is 6.92 Å². The van der Waals surface area contributed by atoms with Crippen molar-refractivity contribution in [3.8, 4) is 0 Å². The van der Waals surface area contributed by atoms with E-state index >= 15 is 0 Å². The van der Waals surface area contributed by atoms with Crippen molar-refractivity contribution in [2.75, 3.05) is 11.1 Å². The minimum absolute atomic E-state index is 0.0103. The van der Waals surface area contributed by atoms with Gasteiger partial charge in [0.25, 0.3) is 5.56 Å². The van der Waals surface area contributed by atoms with E-state index < -0.39 is 23.9 Å². The summed E-state index contributed by atoms with van der Waals surface area (Å²) in [6.07, 6.45) is -4.07. The van der Waals surface area contributed by atoms with Gasteiger partial charge in [0.2, 0.25) is 0 Å². The summed E-state index contributed by atoms with van der Waals surface area (Å²) in [5.74, 6) is 0.0217. The monoisotopic (exact) mass is 510 g/mol. The highest BCUT2D eigenvalue weighted by atomic mass is 35.5. The van der Waals surface area contributed by atoms with Crippen molar-refractivity contribution < 1.29 is 18.0 Å². The van der Waals surface area contributed by atoms with Crippen LogP contribution in [0.3, 0.4) is 0 Å². The molecule has 3 rings (SSSR count). The molecule has 0 saturated heterocycles. The van der Waals surface area contributed by atoms with Gasteiger partial charge in [0.05, 0.1) is 16.6 Å². The molecule has 0 fully saturated rings. The maximum Gasteiger partial charge on any atom is 0.409 e. The van der Waals surface area contributed by atoms with Gasteiger partial charge in [-0.25, -0.2) is 9.97 Å². The Morgan fingerprint density at radius 1 is 1.23 bits per heavy atom. The van der Waals surface area contributed by atoms with Gasteiger partial charge in [-0.15, -0.1) is 0 Å². The molecular formula is C23H26ClF3N6O2. The lowest BCUT2D eigenvalue weighted by Gasteiger charge is -2.25. The van der Waals surface area contributed by atoms with Gasteiger partial charge in [0.1, 0.15) is 28.9 Å². The van der Waals surface area contributed by atoms with Gasteiger partial charge < -0.3 is 16.8 Å². The molecule has 0 amide bonds. The summed E-state index contributed by atoms with van der Waals surface area (Å²) < 4.78 is 42.2. The minimum atomic E-state index is -4.64. The number of fused-ring (bicyclic) bond motifs is 1. The largest absolute Gasteiger partial charge is 0.409 e. The summed E-state index contributed by atoms with van der Waals surface area (Å²) in [6.45, 7) is 3.26. The van der Waals surface area contributed by atoms with Crippen LogP contribution in [0.15, 0.2) is 29.1 Å². The molecule has 8 nitrogen and oxygen atoms in total. The summed E-state index contributed by atoms with van der Waals surface area (Å²) in [4.78, 5) is 33.2. The minimum Gasteiger partial charge on any atom is -0.399 e. The third-order valence-corrected chi connectivity index (χ3v) is 5.82. The zero-order valence-corrected chi connectivity index (χ0v) is 20.0. The van der Waals surface area contributed by atoms with E-state index in [0.29, 0.717) is 19.1 Å². The number of benzene rings is 1. The number of nitrogens with two attached hydrogens (primary N) is 2. The van der Waals surface area contributed by atoms with Crippen LogP contribution in [0.4, 0.5) is 24.5 Å². The summed E-state index contributed by atoms with van der Waals surface area (Å²) in [6, 6.07) is 3.74. The second-order valence-corrected chi connectivity index (χ2v) is 8.47. The number of carbonyl (C=O) groups is 1. The molecule has 2 heterocycles. The average Bonchev–Trinajstić information content (AvgIpc) is 2.80. The van der Waals surface area contributed by atoms with E-state index in [4.69, 9.17) is 23.1 Å². The quantitative estimate of drug-likeness (QED) is 0.164. The Kier molecular flexibility index (Phi) is 8.01. The van der Waals surface area contributed by atoms with Crippen molar-refractivity contribution in [2.45, 2.75) is 57.9 Å². The number of anilines is 2. The predicted octanol–water partition coefficient (Wildman–Crippen LogP) is 4.77. The van der Waals surface area contributed by atoms with Crippen molar-refractivity contribution in [1.29, 1.82) is 0 Å². The molecule has 3 aromatic rings. The molecule has 2 atom stereocenters. The van der Waals surface area contributed by atoms with E-state index in [-0.39, 0.29) is 57.4 Å². The Labute approximate surface area is 204 Å². The molecule has 0 aliphatic heterocycles. The summed E-state index contributed by atoms with van der Waals surface area (Å²) in [7, 11) is 0. The number of halogens is 4. The number of aryl methyl sites for hydroxylation is 1. The number of nitrogen functional groups attached to an aromatic ring is 1. The van der Waals surface area contributed by atoms with Crippen molar-refractivity contribution in [1.82, 2.24) is 14.5 Å². The molecule has 0 bridgehead atoms. The van der Waals surface area contributed by atoms with Gasteiger partial charge in [-0.2, -0.15) is 13.2 Å². The molecule has 2 aromatic heterocycles. The fraction of sp³-hybridized carbons (Fsp3) is 0.391. The third kappa shape index (κ3) is 5.57. The van der Waals surface area contributed by atoms with E-state index in [1.165, 1.54) is 31.2 Å². The summed E-state index contributed by atoms with van der Waals surface area (Å²) in [5.41, 5.74) is 12.3. The predicted molar refractivity (Wildman–Crippen MR) is 130 cm³/mol. The molecule has 35 heavy (non-hydrogen) atoms. The Morgan fingerprint density at radius 2 is 1.94 bits per heavy atom. The number of unbranched alkanes of at least 4 members (excludes halogenated alkanes) is 1. The molecule has 1 aromatic carbocycles. The highest BCUT2D eigenvalue weighted by Crippen LogP contribution is 2.34. The summed E-state index contributed by atoms with van der Waals surface area (Å²) >= 11 is 5.84. The van der Waals surface area contributed by atoms with Crippen LogP contribution in [0.2, 0.25) is 5.15 Å². The highest BCUT2D eigenvalue weighted by Gasteiger charge is 2.41. The number of hydrogen-bond acceptors (Lipinski definition) is 7. The molecule has 0 aliphatic rings. The molecule has 5 N–H and O–H groups in total. The van der Waals surface area contributed by atoms with Crippen LogP contribution in [0.1, 0.15) is 67.2 Å². The molecule has 0 radical (unpaired) electrons. The number of hydrogen-bond donors (Lipinski definition) is 3.